The Hall–Kier alpha value is -1.29. The molecule has 0 saturated heterocycles. The average Bonchev–Trinajstić information content (AvgIpc) is 2.26. The van der Waals surface area contributed by atoms with Gasteiger partial charge in [-0.2, -0.15) is 0 Å². The van der Waals surface area contributed by atoms with Crippen LogP contribution >= 0.6 is 11.6 Å². The van der Waals surface area contributed by atoms with E-state index < -0.39 is 4.92 Å². The molecule has 0 aliphatic heterocycles. The van der Waals surface area contributed by atoms with Gasteiger partial charge in [0.25, 0.3) is 5.69 Å². The van der Waals surface area contributed by atoms with Gasteiger partial charge in [-0.05, 0) is 18.6 Å². The number of benzene rings is 1. The molecule has 1 rings (SSSR count). The number of hydrogen-bond acceptors (Lipinski definition) is 3. The molecule has 5 heteroatoms. The third kappa shape index (κ3) is 3.40. The zero-order valence-electron chi connectivity index (χ0n) is 8.35. The maximum absolute atomic E-state index is 10.4. The van der Waals surface area contributed by atoms with Crippen LogP contribution in [-0.2, 0) is 0 Å². The van der Waals surface area contributed by atoms with Crippen molar-refractivity contribution in [3.05, 3.63) is 34.4 Å². The van der Waals surface area contributed by atoms with Crippen molar-refractivity contribution < 1.29 is 9.66 Å². The summed E-state index contributed by atoms with van der Waals surface area (Å²) in [7, 11) is 0. The molecule has 0 spiro atoms. The molecule has 1 atom stereocenters. The Morgan fingerprint density at radius 1 is 1.47 bits per heavy atom. The van der Waals surface area contributed by atoms with Crippen LogP contribution in [0.15, 0.2) is 24.3 Å². The van der Waals surface area contributed by atoms with E-state index in [1.54, 1.807) is 12.1 Å². The van der Waals surface area contributed by atoms with Gasteiger partial charge in [0.1, 0.15) is 11.9 Å². The maximum Gasteiger partial charge on any atom is 0.269 e. The topological polar surface area (TPSA) is 52.4 Å². The molecule has 0 bridgehead atoms. The minimum atomic E-state index is -0.442. The minimum Gasteiger partial charge on any atom is -0.489 e. The zero-order valence-corrected chi connectivity index (χ0v) is 9.11. The summed E-state index contributed by atoms with van der Waals surface area (Å²) in [6, 6.07) is 5.98. The Balaban J connectivity index is 2.67. The summed E-state index contributed by atoms with van der Waals surface area (Å²) in [5.41, 5.74) is 0.0567. The van der Waals surface area contributed by atoms with Crippen molar-refractivity contribution in [2.45, 2.75) is 19.4 Å². The van der Waals surface area contributed by atoms with Gasteiger partial charge in [0.15, 0.2) is 0 Å². The molecule has 0 aliphatic rings. The van der Waals surface area contributed by atoms with Crippen molar-refractivity contribution in [1.82, 2.24) is 0 Å². The normalized spacial score (nSPS) is 12.1. The van der Waals surface area contributed by atoms with E-state index in [9.17, 15) is 10.1 Å². The van der Waals surface area contributed by atoms with Crippen molar-refractivity contribution in [2.24, 2.45) is 0 Å². The van der Waals surface area contributed by atoms with Crippen molar-refractivity contribution in [3.8, 4) is 5.75 Å². The number of nitro benzene ring substituents is 1. The van der Waals surface area contributed by atoms with Gasteiger partial charge < -0.3 is 4.74 Å². The minimum absolute atomic E-state index is 0.0480. The number of hydrogen-bond donors (Lipinski definition) is 0. The number of non-ortho nitro benzene ring substituents is 1. The van der Waals surface area contributed by atoms with Gasteiger partial charge in [0.05, 0.1) is 10.8 Å². The standard InChI is InChI=1S/C10H12ClNO3/c1-2-9(7-11)15-10-5-3-8(4-6-10)12(13)14/h3-6,9H,2,7H2,1H3. The summed E-state index contributed by atoms with van der Waals surface area (Å²) in [6.45, 7) is 1.97. The van der Waals surface area contributed by atoms with E-state index in [0.29, 0.717) is 11.6 Å². The highest BCUT2D eigenvalue weighted by molar-refractivity contribution is 6.18. The van der Waals surface area contributed by atoms with E-state index in [1.807, 2.05) is 6.92 Å². The lowest BCUT2D eigenvalue weighted by molar-refractivity contribution is -0.384. The second-order valence-electron chi connectivity index (χ2n) is 3.05. The predicted octanol–water partition coefficient (Wildman–Crippen LogP) is 2.99. The van der Waals surface area contributed by atoms with Crippen LogP contribution in [-0.4, -0.2) is 16.9 Å². The van der Waals surface area contributed by atoms with E-state index in [1.165, 1.54) is 12.1 Å². The fourth-order valence-electron chi connectivity index (χ4n) is 1.06. The summed E-state index contributed by atoms with van der Waals surface area (Å²) in [6.07, 6.45) is 0.758. The molecular weight excluding hydrogens is 218 g/mol. The smallest absolute Gasteiger partial charge is 0.269 e. The van der Waals surface area contributed by atoms with Crippen molar-refractivity contribution in [1.29, 1.82) is 0 Å². The average molecular weight is 230 g/mol. The zero-order chi connectivity index (χ0) is 11.3. The van der Waals surface area contributed by atoms with E-state index in [-0.39, 0.29) is 11.8 Å². The molecule has 0 saturated carbocycles. The Bertz CT molecular complexity index is 322. The van der Waals surface area contributed by atoms with Crippen LogP contribution in [0.25, 0.3) is 0 Å². The quantitative estimate of drug-likeness (QED) is 0.443. The Labute approximate surface area is 93.0 Å². The van der Waals surface area contributed by atoms with Gasteiger partial charge in [0, 0.05) is 12.1 Å². The number of ether oxygens (including phenoxy) is 1. The summed E-state index contributed by atoms with van der Waals surface area (Å²) in [5, 5.41) is 10.4. The molecule has 1 aromatic rings. The number of nitrogens with zero attached hydrogens (tertiary/aromatic N) is 1. The summed E-state index contributed by atoms with van der Waals surface area (Å²) >= 11 is 5.67. The van der Waals surface area contributed by atoms with E-state index in [0.717, 1.165) is 6.42 Å². The Morgan fingerprint density at radius 2 is 2.07 bits per heavy atom. The summed E-state index contributed by atoms with van der Waals surface area (Å²) in [5.74, 6) is 1.01. The molecule has 0 fully saturated rings. The molecule has 1 unspecified atom stereocenters. The first kappa shape index (κ1) is 11.8. The lowest BCUT2D eigenvalue weighted by Crippen LogP contribution is -2.16. The van der Waals surface area contributed by atoms with Crippen LogP contribution in [0.5, 0.6) is 5.75 Å². The van der Waals surface area contributed by atoms with Gasteiger partial charge in [-0.25, -0.2) is 0 Å². The predicted molar refractivity (Wildman–Crippen MR) is 58.5 cm³/mol. The molecule has 15 heavy (non-hydrogen) atoms. The molecule has 0 amide bonds. The highest BCUT2D eigenvalue weighted by Crippen LogP contribution is 2.19. The largest absolute Gasteiger partial charge is 0.489 e. The van der Waals surface area contributed by atoms with Crippen molar-refractivity contribution in [2.75, 3.05) is 5.88 Å². The monoisotopic (exact) mass is 229 g/mol. The third-order valence-corrected chi connectivity index (χ3v) is 2.32. The van der Waals surface area contributed by atoms with Gasteiger partial charge >= 0.3 is 0 Å². The van der Waals surface area contributed by atoms with Crippen LogP contribution in [0.1, 0.15) is 13.3 Å². The third-order valence-electron chi connectivity index (χ3n) is 1.98. The van der Waals surface area contributed by atoms with E-state index >= 15 is 0 Å². The highest BCUT2D eigenvalue weighted by atomic mass is 35.5. The molecule has 0 aromatic heterocycles. The van der Waals surface area contributed by atoms with E-state index in [2.05, 4.69) is 0 Å². The highest BCUT2D eigenvalue weighted by Gasteiger charge is 2.08. The van der Waals surface area contributed by atoms with E-state index in [4.69, 9.17) is 16.3 Å². The van der Waals surface area contributed by atoms with Crippen molar-refractivity contribution >= 4 is 17.3 Å². The molecule has 0 radical (unpaired) electrons. The van der Waals surface area contributed by atoms with Gasteiger partial charge in [-0.1, -0.05) is 6.92 Å². The number of halogens is 1. The first-order valence-corrected chi connectivity index (χ1v) is 5.18. The molecule has 0 heterocycles. The molecular formula is C10H12ClNO3. The fraction of sp³-hybridized carbons (Fsp3) is 0.400. The lowest BCUT2D eigenvalue weighted by atomic mass is 10.3. The summed E-state index contributed by atoms with van der Waals surface area (Å²) < 4.78 is 5.49. The Kier molecular flexibility index (Phi) is 4.37. The van der Waals surface area contributed by atoms with Gasteiger partial charge in [-0.15, -0.1) is 11.6 Å². The first-order valence-electron chi connectivity index (χ1n) is 4.64. The van der Waals surface area contributed by atoms with Crippen molar-refractivity contribution in [3.63, 3.8) is 0 Å². The molecule has 4 nitrogen and oxygen atoms in total. The van der Waals surface area contributed by atoms with Gasteiger partial charge in [0.2, 0.25) is 0 Å². The van der Waals surface area contributed by atoms with Crippen LogP contribution in [0.2, 0.25) is 0 Å². The second kappa shape index (κ2) is 5.56. The SMILES string of the molecule is CCC(CCl)Oc1ccc([N+](=O)[O-])cc1. The van der Waals surface area contributed by atoms with Crippen LogP contribution in [0.4, 0.5) is 5.69 Å². The summed E-state index contributed by atoms with van der Waals surface area (Å²) in [4.78, 5) is 9.95. The molecule has 82 valence electrons. The van der Waals surface area contributed by atoms with Crippen LogP contribution in [0.3, 0.4) is 0 Å². The number of nitro groups is 1. The number of alkyl halides is 1. The van der Waals surface area contributed by atoms with Crippen LogP contribution < -0.4 is 4.74 Å². The lowest BCUT2D eigenvalue weighted by Gasteiger charge is -2.14. The molecule has 0 N–H and O–H groups in total. The van der Waals surface area contributed by atoms with Crippen LogP contribution in [0, 0.1) is 10.1 Å². The van der Waals surface area contributed by atoms with Gasteiger partial charge in [-0.3, -0.25) is 10.1 Å². The first-order chi connectivity index (χ1) is 7.17. The maximum atomic E-state index is 10.4. The molecule has 0 aliphatic carbocycles. The second-order valence-corrected chi connectivity index (χ2v) is 3.36. The Morgan fingerprint density at radius 3 is 2.47 bits per heavy atom. The molecule has 1 aromatic carbocycles. The fourth-order valence-corrected chi connectivity index (χ4v) is 1.34. The number of rotatable bonds is 5.